The fourth-order valence-electron chi connectivity index (χ4n) is 3.72. The van der Waals surface area contributed by atoms with Crippen LogP contribution in [0.2, 0.25) is 0 Å². The van der Waals surface area contributed by atoms with Crippen LogP contribution in [-0.2, 0) is 15.1 Å². The zero-order chi connectivity index (χ0) is 24.1. The molecule has 4 aromatic rings. The van der Waals surface area contributed by atoms with E-state index in [9.17, 15) is 4.79 Å². The highest BCUT2D eigenvalue weighted by Crippen LogP contribution is 2.59. The molecule has 1 aliphatic heterocycles. The van der Waals surface area contributed by atoms with Gasteiger partial charge in [-0.2, -0.15) is 0 Å². The van der Waals surface area contributed by atoms with E-state index in [2.05, 4.69) is 0 Å². The van der Waals surface area contributed by atoms with Crippen molar-refractivity contribution in [3.05, 3.63) is 137 Å². The molecule has 0 N–H and O–H groups in total. The van der Waals surface area contributed by atoms with Crippen molar-refractivity contribution < 1.29 is 18.6 Å². The molecule has 4 aromatic carbocycles. The van der Waals surface area contributed by atoms with E-state index in [1.54, 1.807) is 0 Å². The fraction of sp³-hybridized carbons (Fsp3) is 0.0690. The first-order chi connectivity index (χ1) is 17.1. The average Bonchev–Trinajstić information content (AvgIpc) is 3.16. The van der Waals surface area contributed by atoms with Gasteiger partial charge in [-0.3, -0.25) is 0 Å². The topological polar surface area (TPSA) is 44.8 Å². The largest absolute Gasteiger partial charge is 0.445 e. The normalized spacial score (nSPS) is 17.4. The van der Waals surface area contributed by atoms with E-state index in [1.807, 2.05) is 128 Å². The van der Waals surface area contributed by atoms with Gasteiger partial charge in [0, 0.05) is 10.5 Å². The Morgan fingerprint density at radius 3 is 1.66 bits per heavy atom. The molecule has 1 atom stereocenters. The minimum Gasteiger partial charge on any atom is -0.445 e. The third-order valence-electron chi connectivity index (χ3n) is 5.47. The van der Waals surface area contributed by atoms with Crippen LogP contribution in [-0.4, -0.2) is 5.97 Å². The molecule has 1 aliphatic rings. The molecule has 0 saturated carbocycles. The van der Waals surface area contributed by atoms with Crippen molar-refractivity contribution in [2.75, 3.05) is 0 Å². The lowest BCUT2D eigenvalue weighted by Gasteiger charge is -2.27. The Balaban J connectivity index is 1.65. The van der Waals surface area contributed by atoms with Gasteiger partial charge >= 0.3 is 14.3 Å². The number of thioether (sulfide) groups is 1. The molecule has 0 fully saturated rings. The van der Waals surface area contributed by atoms with Gasteiger partial charge in [0.15, 0.2) is 10.9 Å². The minimum atomic E-state index is -1.85. The van der Waals surface area contributed by atoms with E-state index in [-0.39, 0.29) is 0 Å². The molecule has 0 amide bonds. The van der Waals surface area contributed by atoms with Gasteiger partial charge in [0.2, 0.25) is 0 Å². The average molecular weight is 499 g/mol. The summed E-state index contributed by atoms with van der Waals surface area (Å²) in [5.41, 5.74) is -0.0920. The standard InChI is InChI=1S/C29H23O4PS/c1-29(22-14-6-2-7-15-22)27(35-25-20-12-5-13-21-25)26(28(30)31-29)34(32-23-16-8-3-9-17-23)33-24-18-10-4-11-19-24/h2-21H,1H3. The number of hydrogen-bond donors (Lipinski definition) is 0. The van der Waals surface area contributed by atoms with Crippen LogP contribution >= 0.6 is 20.1 Å². The van der Waals surface area contributed by atoms with Crippen LogP contribution < -0.4 is 9.05 Å². The highest BCUT2D eigenvalue weighted by molar-refractivity contribution is 8.03. The van der Waals surface area contributed by atoms with Gasteiger partial charge in [-0.1, -0.05) is 96.7 Å². The predicted molar refractivity (Wildman–Crippen MR) is 140 cm³/mol. The third kappa shape index (κ3) is 5.12. The van der Waals surface area contributed by atoms with Crippen molar-refractivity contribution in [1.82, 2.24) is 0 Å². The highest BCUT2D eigenvalue weighted by atomic mass is 32.2. The second-order valence-corrected chi connectivity index (χ2v) is 10.4. The molecule has 0 saturated heterocycles. The smallest absolute Gasteiger partial charge is 0.347 e. The van der Waals surface area contributed by atoms with Crippen LogP contribution in [0.15, 0.2) is 136 Å². The van der Waals surface area contributed by atoms with Crippen LogP contribution in [0.1, 0.15) is 12.5 Å². The molecule has 0 aromatic heterocycles. The van der Waals surface area contributed by atoms with E-state index >= 15 is 0 Å². The van der Waals surface area contributed by atoms with Gasteiger partial charge in [-0.25, -0.2) is 4.79 Å². The molecule has 1 heterocycles. The number of esters is 1. The Bertz CT molecular complexity index is 1270. The molecular weight excluding hydrogens is 475 g/mol. The molecule has 6 heteroatoms. The number of para-hydroxylation sites is 2. The zero-order valence-electron chi connectivity index (χ0n) is 19.0. The van der Waals surface area contributed by atoms with Gasteiger partial charge < -0.3 is 13.8 Å². The number of carbonyl (C=O) groups is 1. The molecule has 0 spiro atoms. The first kappa shape index (κ1) is 23.2. The van der Waals surface area contributed by atoms with Crippen LogP contribution in [0, 0.1) is 0 Å². The molecule has 1 unspecified atom stereocenters. The number of rotatable bonds is 8. The Morgan fingerprint density at radius 2 is 1.14 bits per heavy atom. The number of ether oxygens (including phenoxy) is 1. The van der Waals surface area contributed by atoms with E-state index in [4.69, 9.17) is 13.8 Å². The predicted octanol–water partition coefficient (Wildman–Crippen LogP) is 7.93. The SMILES string of the molecule is CC1(c2ccccc2)OC(=O)C(P(Oc2ccccc2)Oc2ccccc2)=C1Sc1ccccc1. The Kier molecular flexibility index (Phi) is 6.89. The molecular formula is C29H23O4PS. The van der Waals surface area contributed by atoms with Crippen LogP contribution in [0.4, 0.5) is 0 Å². The summed E-state index contributed by atoms with van der Waals surface area (Å²) in [6, 6.07) is 38.5. The fourth-order valence-corrected chi connectivity index (χ4v) is 6.56. The van der Waals surface area contributed by atoms with Gasteiger partial charge in [-0.15, -0.1) is 0 Å². The van der Waals surface area contributed by atoms with Crippen LogP contribution in [0.5, 0.6) is 11.5 Å². The summed E-state index contributed by atoms with van der Waals surface area (Å²) in [5.74, 6) is 0.798. The van der Waals surface area contributed by atoms with Crippen molar-refractivity contribution in [3.63, 3.8) is 0 Å². The van der Waals surface area contributed by atoms with Crippen molar-refractivity contribution in [2.24, 2.45) is 0 Å². The maximum absolute atomic E-state index is 13.5. The Morgan fingerprint density at radius 1 is 0.686 bits per heavy atom. The summed E-state index contributed by atoms with van der Waals surface area (Å²) in [6.07, 6.45) is 0. The summed E-state index contributed by atoms with van der Waals surface area (Å²) in [4.78, 5) is 15.3. The van der Waals surface area contributed by atoms with E-state index in [1.165, 1.54) is 11.8 Å². The maximum Gasteiger partial charge on any atom is 0.347 e. The van der Waals surface area contributed by atoms with E-state index < -0.39 is 19.9 Å². The number of cyclic esters (lactones) is 1. The summed E-state index contributed by atoms with van der Waals surface area (Å²) in [7, 11) is -1.85. The second-order valence-electron chi connectivity index (χ2n) is 7.95. The maximum atomic E-state index is 13.5. The van der Waals surface area contributed by atoms with Crippen molar-refractivity contribution in [1.29, 1.82) is 0 Å². The van der Waals surface area contributed by atoms with E-state index in [0.717, 1.165) is 15.4 Å². The molecule has 0 aliphatic carbocycles. The second kappa shape index (κ2) is 10.4. The molecule has 0 radical (unpaired) electrons. The van der Waals surface area contributed by atoms with Crippen molar-refractivity contribution in [2.45, 2.75) is 17.4 Å². The first-order valence-electron chi connectivity index (χ1n) is 11.2. The third-order valence-corrected chi connectivity index (χ3v) is 8.45. The lowest BCUT2D eigenvalue weighted by atomic mass is 9.96. The molecule has 35 heavy (non-hydrogen) atoms. The minimum absolute atomic E-state index is 0.410. The summed E-state index contributed by atoms with van der Waals surface area (Å²) in [5, 5.41) is 0.410. The summed E-state index contributed by atoms with van der Waals surface area (Å²) in [6.45, 7) is 1.93. The number of carbonyl (C=O) groups excluding carboxylic acids is 1. The first-order valence-corrected chi connectivity index (χ1v) is 13.2. The Hall–Kier alpha value is -3.53. The summed E-state index contributed by atoms with van der Waals surface area (Å²) < 4.78 is 18.8. The summed E-state index contributed by atoms with van der Waals surface area (Å²) >= 11 is 1.50. The van der Waals surface area contributed by atoms with Gasteiger partial charge in [-0.05, 0) is 43.3 Å². The van der Waals surface area contributed by atoms with Gasteiger partial charge in [0.05, 0.1) is 4.91 Å². The van der Waals surface area contributed by atoms with E-state index in [0.29, 0.717) is 16.8 Å². The number of hydrogen-bond acceptors (Lipinski definition) is 5. The molecule has 4 nitrogen and oxygen atoms in total. The lowest BCUT2D eigenvalue weighted by molar-refractivity contribution is -0.145. The zero-order valence-corrected chi connectivity index (χ0v) is 20.7. The van der Waals surface area contributed by atoms with Crippen LogP contribution in [0.25, 0.3) is 0 Å². The Labute approximate surface area is 210 Å². The highest BCUT2D eigenvalue weighted by Gasteiger charge is 2.50. The van der Waals surface area contributed by atoms with Gasteiger partial charge in [0.1, 0.15) is 11.5 Å². The molecule has 5 rings (SSSR count). The lowest BCUT2D eigenvalue weighted by Crippen LogP contribution is -2.24. The molecule has 0 bridgehead atoms. The van der Waals surface area contributed by atoms with Crippen LogP contribution in [0.3, 0.4) is 0 Å². The number of benzene rings is 4. The van der Waals surface area contributed by atoms with Crippen molar-refractivity contribution >= 4 is 26.1 Å². The monoisotopic (exact) mass is 498 g/mol. The molecule has 174 valence electrons. The van der Waals surface area contributed by atoms with Crippen molar-refractivity contribution in [3.8, 4) is 11.5 Å². The quantitative estimate of drug-likeness (QED) is 0.182. The van der Waals surface area contributed by atoms with Gasteiger partial charge in [0.25, 0.3) is 0 Å².